The first-order valence-electron chi connectivity index (χ1n) is 4.87. The van der Waals surface area contributed by atoms with Crippen molar-refractivity contribution in [3.8, 4) is 0 Å². The highest BCUT2D eigenvalue weighted by Gasteiger charge is 2.08. The summed E-state index contributed by atoms with van der Waals surface area (Å²) >= 11 is 0. The van der Waals surface area contributed by atoms with Crippen molar-refractivity contribution in [2.24, 2.45) is 5.92 Å². The van der Waals surface area contributed by atoms with Gasteiger partial charge in [0.15, 0.2) is 0 Å². The summed E-state index contributed by atoms with van der Waals surface area (Å²) in [5, 5.41) is 8.41. The normalized spacial score (nSPS) is 12.4. The van der Waals surface area contributed by atoms with Crippen LogP contribution in [0.1, 0.15) is 45.4 Å². The molecule has 0 amide bonds. The van der Waals surface area contributed by atoms with Crippen molar-refractivity contribution in [2.75, 3.05) is 0 Å². The van der Waals surface area contributed by atoms with E-state index in [4.69, 9.17) is 5.11 Å². The van der Waals surface area contributed by atoms with Gasteiger partial charge in [-0.05, 0) is 12.8 Å². The Labute approximate surface area is 79.1 Å². The number of carbonyl (C=O) groups excluding carboxylic acids is 1. The Balaban J connectivity index is 3.51. The number of carboxylic acids is 1. The highest BCUT2D eigenvalue weighted by molar-refractivity contribution is 5.67. The smallest absolute Gasteiger partial charge is 0.303 e. The molecule has 0 spiro atoms. The number of carbonyl (C=O) groups is 2. The molecular weight excluding hydrogens is 168 g/mol. The van der Waals surface area contributed by atoms with Gasteiger partial charge in [-0.2, -0.15) is 0 Å². The van der Waals surface area contributed by atoms with Crippen LogP contribution in [0, 0.1) is 5.92 Å². The van der Waals surface area contributed by atoms with Gasteiger partial charge in [-0.3, -0.25) is 4.79 Å². The van der Waals surface area contributed by atoms with E-state index in [1.807, 2.05) is 0 Å². The molecule has 0 aromatic heterocycles. The van der Waals surface area contributed by atoms with Crippen LogP contribution in [0.4, 0.5) is 0 Å². The molecule has 0 saturated carbocycles. The third-order valence-corrected chi connectivity index (χ3v) is 2.10. The Morgan fingerprint density at radius 1 is 1.38 bits per heavy atom. The molecule has 3 heteroatoms. The summed E-state index contributed by atoms with van der Waals surface area (Å²) in [5.74, 6) is -0.870. The van der Waals surface area contributed by atoms with E-state index in [0.717, 1.165) is 32.0 Å². The Hall–Kier alpha value is -0.860. The zero-order valence-electron chi connectivity index (χ0n) is 8.16. The number of hydrogen-bond acceptors (Lipinski definition) is 2. The van der Waals surface area contributed by atoms with Gasteiger partial charge >= 0.3 is 5.97 Å². The van der Waals surface area contributed by atoms with Crippen LogP contribution in [0.25, 0.3) is 0 Å². The second kappa shape index (κ2) is 7.77. The molecule has 1 unspecified atom stereocenters. The monoisotopic (exact) mass is 186 g/mol. The van der Waals surface area contributed by atoms with Gasteiger partial charge in [-0.15, -0.1) is 0 Å². The van der Waals surface area contributed by atoms with E-state index < -0.39 is 5.97 Å². The number of unbranched alkanes of at least 4 members (excludes halogenated alkanes) is 2. The summed E-state index contributed by atoms with van der Waals surface area (Å²) in [4.78, 5) is 20.8. The van der Waals surface area contributed by atoms with Crippen LogP contribution in [0.2, 0.25) is 0 Å². The third-order valence-electron chi connectivity index (χ3n) is 2.10. The summed E-state index contributed by atoms with van der Waals surface area (Å²) in [6, 6.07) is 0. The fourth-order valence-electron chi connectivity index (χ4n) is 1.25. The molecule has 3 nitrogen and oxygen atoms in total. The fourth-order valence-corrected chi connectivity index (χ4v) is 1.25. The van der Waals surface area contributed by atoms with Gasteiger partial charge in [0.1, 0.15) is 6.29 Å². The summed E-state index contributed by atoms with van der Waals surface area (Å²) in [6.45, 7) is 2.10. The van der Waals surface area contributed by atoms with Crippen molar-refractivity contribution in [1.82, 2.24) is 0 Å². The second-order valence-electron chi connectivity index (χ2n) is 3.32. The molecule has 0 aliphatic carbocycles. The van der Waals surface area contributed by atoms with Crippen LogP contribution >= 0.6 is 0 Å². The summed E-state index contributed by atoms with van der Waals surface area (Å²) < 4.78 is 0. The van der Waals surface area contributed by atoms with E-state index in [9.17, 15) is 9.59 Å². The molecule has 0 radical (unpaired) electrons. The van der Waals surface area contributed by atoms with Crippen molar-refractivity contribution >= 4 is 12.3 Å². The molecule has 76 valence electrons. The predicted molar refractivity (Wildman–Crippen MR) is 50.6 cm³/mol. The molecule has 0 aromatic rings. The third kappa shape index (κ3) is 7.50. The van der Waals surface area contributed by atoms with Crippen LogP contribution in [0.5, 0.6) is 0 Å². The first kappa shape index (κ1) is 12.1. The molecular formula is C10H18O3. The molecule has 0 rings (SSSR count). The molecule has 1 N–H and O–H groups in total. The summed E-state index contributed by atoms with van der Waals surface area (Å²) in [7, 11) is 0. The maximum Gasteiger partial charge on any atom is 0.303 e. The van der Waals surface area contributed by atoms with Crippen molar-refractivity contribution in [2.45, 2.75) is 45.4 Å². The molecule has 1 atom stereocenters. The Morgan fingerprint density at radius 3 is 2.54 bits per heavy atom. The van der Waals surface area contributed by atoms with Gasteiger partial charge in [-0.1, -0.05) is 26.2 Å². The number of aliphatic carboxylic acids is 1. The topological polar surface area (TPSA) is 54.4 Å². The average molecular weight is 186 g/mol. The molecule has 0 fully saturated rings. The predicted octanol–water partition coefficient (Wildman–Crippen LogP) is 2.25. The van der Waals surface area contributed by atoms with Crippen LogP contribution in [0.15, 0.2) is 0 Å². The zero-order valence-corrected chi connectivity index (χ0v) is 8.16. The van der Waals surface area contributed by atoms with E-state index >= 15 is 0 Å². The first-order valence-corrected chi connectivity index (χ1v) is 4.87. The van der Waals surface area contributed by atoms with Gasteiger partial charge in [0, 0.05) is 12.3 Å². The Morgan fingerprint density at radius 2 is 2.08 bits per heavy atom. The number of carboxylic acid groups (broad SMARTS) is 1. The SMILES string of the molecule is CCCCCC(C=O)CCC(=O)O. The van der Waals surface area contributed by atoms with Crippen molar-refractivity contribution < 1.29 is 14.7 Å². The van der Waals surface area contributed by atoms with E-state index in [0.29, 0.717) is 6.42 Å². The van der Waals surface area contributed by atoms with E-state index in [1.165, 1.54) is 0 Å². The molecule has 0 heterocycles. The van der Waals surface area contributed by atoms with Gasteiger partial charge in [-0.25, -0.2) is 0 Å². The standard InChI is InChI=1S/C10H18O3/c1-2-3-4-5-9(8-11)6-7-10(12)13/h8-9H,2-7H2,1H3,(H,12,13). The van der Waals surface area contributed by atoms with Gasteiger partial charge in [0.25, 0.3) is 0 Å². The summed E-state index contributed by atoms with van der Waals surface area (Å²) in [5.41, 5.74) is 0. The molecule has 0 bridgehead atoms. The number of rotatable bonds is 8. The van der Waals surface area contributed by atoms with Crippen LogP contribution in [0.3, 0.4) is 0 Å². The minimum absolute atomic E-state index is 0.0531. The van der Waals surface area contributed by atoms with E-state index in [1.54, 1.807) is 0 Å². The average Bonchev–Trinajstić information content (AvgIpc) is 2.10. The molecule has 0 saturated heterocycles. The van der Waals surface area contributed by atoms with Gasteiger partial charge < -0.3 is 9.90 Å². The maximum absolute atomic E-state index is 10.5. The molecule has 0 aliphatic rings. The Bertz CT molecular complexity index is 154. The van der Waals surface area contributed by atoms with Crippen LogP contribution < -0.4 is 0 Å². The zero-order chi connectivity index (χ0) is 10.1. The lowest BCUT2D eigenvalue weighted by atomic mass is 9.98. The van der Waals surface area contributed by atoms with Crippen LogP contribution in [-0.2, 0) is 9.59 Å². The van der Waals surface area contributed by atoms with Crippen LogP contribution in [-0.4, -0.2) is 17.4 Å². The van der Waals surface area contributed by atoms with Crippen molar-refractivity contribution in [3.05, 3.63) is 0 Å². The Kier molecular flexibility index (Phi) is 7.26. The summed E-state index contributed by atoms with van der Waals surface area (Å²) in [6.07, 6.45) is 5.60. The highest BCUT2D eigenvalue weighted by atomic mass is 16.4. The highest BCUT2D eigenvalue weighted by Crippen LogP contribution is 2.13. The number of aldehydes is 1. The molecule has 13 heavy (non-hydrogen) atoms. The van der Waals surface area contributed by atoms with E-state index in [-0.39, 0.29) is 12.3 Å². The second-order valence-corrected chi connectivity index (χ2v) is 3.32. The molecule has 0 aromatic carbocycles. The largest absolute Gasteiger partial charge is 0.481 e. The lowest BCUT2D eigenvalue weighted by molar-refractivity contribution is -0.137. The van der Waals surface area contributed by atoms with Crippen molar-refractivity contribution in [3.63, 3.8) is 0 Å². The minimum atomic E-state index is -0.817. The fraction of sp³-hybridized carbons (Fsp3) is 0.800. The minimum Gasteiger partial charge on any atom is -0.481 e. The van der Waals surface area contributed by atoms with Gasteiger partial charge in [0.05, 0.1) is 0 Å². The maximum atomic E-state index is 10.5. The van der Waals surface area contributed by atoms with E-state index in [2.05, 4.69) is 6.92 Å². The lowest BCUT2D eigenvalue weighted by Crippen LogP contribution is -2.05. The lowest BCUT2D eigenvalue weighted by Gasteiger charge is -2.07. The van der Waals surface area contributed by atoms with Crippen molar-refractivity contribution in [1.29, 1.82) is 0 Å². The quantitative estimate of drug-likeness (QED) is 0.467. The first-order chi connectivity index (χ1) is 6.20. The molecule has 0 aliphatic heterocycles. The number of hydrogen-bond donors (Lipinski definition) is 1. The van der Waals surface area contributed by atoms with Gasteiger partial charge in [0.2, 0.25) is 0 Å².